The third kappa shape index (κ3) is 6.06. The zero-order valence-corrected chi connectivity index (χ0v) is 11.9. The van der Waals surface area contributed by atoms with Gasteiger partial charge in [-0.15, -0.1) is 0 Å². The van der Waals surface area contributed by atoms with E-state index in [-0.39, 0.29) is 0 Å². The van der Waals surface area contributed by atoms with E-state index >= 15 is 0 Å². The molecule has 0 aromatic heterocycles. The standard InChI is InChI=1S/C16H27NO/c1-17(2)16-12-9-11-15(14-16)10-7-5-3-4-6-8-13-18/h9,11-12,14,18H,3-8,10,13H2,1-2H3. The highest BCUT2D eigenvalue weighted by Gasteiger charge is 1.98. The maximum absolute atomic E-state index is 8.68. The van der Waals surface area contributed by atoms with Crippen molar-refractivity contribution >= 4 is 5.69 Å². The molecule has 1 N–H and O–H groups in total. The van der Waals surface area contributed by atoms with Crippen LogP contribution in [0.15, 0.2) is 24.3 Å². The SMILES string of the molecule is CN(C)c1cccc(CCCCCCCCO)c1. The Kier molecular flexibility index (Phi) is 7.51. The first-order chi connectivity index (χ1) is 8.74. The Bertz CT molecular complexity index is 323. The Labute approximate surface area is 112 Å². The molecule has 0 atom stereocenters. The number of anilines is 1. The molecule has 1 aromatic carbocycles. The van der Waals surface area contributed by atoms with Gasteiger partial charge in [0.15, 0.2) is 0 Å². The van der Waals surface area contributed by atoms with Gasteiger partial charge in [-0.3, -0.25) is 0 Å². The first-order valence-corrected chi connectivity index (χ1v) is 7.11. The summed E-state index contributed by atoms with van der Waals surface area (Å²) in [6, 6.07) is 8.80. The summed E-state index contributed by atoms with van der Waals surface area (Å²) in [4.78, 5) is 2.15. The van der Waals surface area contributed by atoms with Gasteiger partial charge in [-0.05, 0) is 37.0 Å². The molecule has 102 valence electrons. The van der Waals surface area contributed by atoms with Gasteiger partial charge in [0.2, 0.25) is 0 Å². The van der Waals surface area contributed by atoms with Crippen LogP contribution in [0.3, 0.4) is 0 Å². The van der Waals surface area contributed by atoms with Gasteiger partial charge in [-0.2, -0.15) is 0 Å². The van der Waals surface area contributed by atoms with Crippen LogP contribution < -0.4 is 4.90 Å². The topological polar surface area (TPSA) is 23.5 Å². The van der Waals surface area contributed by atoms with Crippen molar-refractivity contribution in [2.24, 2.45) is 0 Å². The van der Waals surface area contributed by atoms with Crippen LogP contribution in [-0.2, 0) is 6.42 Å². The Hall–Kier alpha value is -1.02. The van der Waals surface area contributed by atoms with Gasteiger partial charge in [-0.25, -0.2) is 0 Å². The number of aryl methyl sites for hydroxylation is 1. The maximum Gasteiger partial charge on any atom is 0.0431 e. The highest BCUT2D eigenvalue weighted by atomic mass is 16.2. The Morgan fingerprint density at radius 3 is 2.28 bits per heavy atom. The molecular weight excluding hydrogens is 222 g/mol. The van der Waals surface area contributed by atoms with Crippen molar-refractivity contribution in [2.75, 3.05) is 25.6 Å². The summed E-state index contributed by atoms with van der Waals surface area (Å²) < 4.78 is 0. The summed E-state index contributed by atoms with van der Waals surface area (Å²) >= 11 is 0. The predicted octanol–water partition coefficient (Wildman–Crippen LogP) is 3.63. The van der Waals surface area contributed by atoms with Gasteiger partial charge in [0.05, 0.1) is 0 Å². The number of benzene rings is 1. The lowest BCUT2D eigenvalue weighted by molar-refractivity contribution is 0.282. The van der Waals surface area contributed by atoms with Crippen molar-refractivity contribution < 1.29 is 5.11 Å². The number of rotatable bonds is 9. The van der Waals surface area contributed by atoms with Crippen molar-refractivity contribution in [1.82, 2.24) is 0 Å². The molecule has 0 amide bonds. The van der Waals surface area contributed by atoms with Gasteiger partial charge in [0.1, 0.15) is 0 Å². The zero-order valence-electron chi connectivity index (χ0n) is 11.9. The number of nitrogens with zero attached hydrogens (tertiary/aromatic N) is 1. The van der Waals surface area contributed by atoms with Crippen LogP contribution in [0.25, 0.3) is 0 Å². The average Bonchev–Trinajstić information content (AvgIpc) is 2.38. The van der Waals surface area contributed by atoms with Crippen molar-refractivity contribution in [1.29, 1.82) is 0 Å². The Morgan fingerprint density at radius 2 is 1.61 bits per heavy atom. The summed E-state index contributed by atoms with van der Waals surface area (Å²) in [6.07, 6.45) is 8.46. The highest BCUT2D eigenvalue weighted by Crippen LogP contribution is 2.16. The van der Waals surface area contributed by atoms with Crippen LogP contribution in [0.4, 0.5) is 5.69 Å². The second-order valence-electron chi connectivity index (χ2n) is 5.16. The normalized spacial score (nSPS) is 10.6. The molecule has 0 saturated heterocycles. The first kappa shape index (κ1) is 15.0. The van der Waals surface area contributed by atoms with E-state index in [4.69, 9.17) is 5.11 Å². The molecule has 0 aliphatic carbocycles. The second-order valence-corrected chi connectivity index (χ2v) is 5.16. The molecule has 0 spiro atoms. The van der Waals surface area contributed by atoms with E-state index in [1.165, 1.54) is 49.8 Å². The van der Waals surface area contributed by atoms with Crippen molar-refractivity contribution in [3.63, 3.8) is 0 Å². The largest absolute Gasteiger partial charge is 0.396 e. The lowest BCUT2D eigenvalue weighted by Crippen LogP contribution is -2.08. The Morgan fingerprint density at radius 1 is 0.944 bits per heavy atom. The fourth-order valence-electron chi connectivity index (χ4n) is 2.14. The minimum absolute atomic E-state index is 0.345. The summed E-state index contributed by atoms with van der Waals surface area (Å²) in [7, 11) is 4.17. The van der Waals surface area contributed by atoms with E-state index in [1.54, 1.807) is 0 Å². The number of aliphatic hydroxyl groups excluding tert-OH is 1. The fourth-order valence-corrected chi connectivity index (χ4v) is 2.14. The lowest BCUT2D eigenvalue weighted by Gasteiger charge is -2.13. The molecule has 0 unspecified atom stereocenters. The molecule has 1 aromatic rings. The minimum Gasteiger partial charge on any atom is -0.396 e. The monoisotopic (exact) mass is 249 g/mol. The number of unbranched alkanes of at least 4 members (excludes halogenated alkanes) is 5. The number of hydrogen-bond donors (Lipinski definition) is 1. The van der Waals surface area contributed by atoms with Crippen LogP contribution >= 0.6 is 0 Å². The zero-order chi connectivity index (χ0) is 13.2. The maximum atomic E-state index is 8.68. The second kappa shape index (κ2) is 8.98. The molecule has 0 heterocycles. The number of aliphatic hydroxyl groups is 1. The third-order valence-electron chi connectivity index (χ3n) is 3.30. The van der Waals surface area contributed by atoms with Gasteiger partial charge in [0, 0.05) is 26.4 Å². The molecule has 1 rings (SSSR count). The molecule has 0 saturated carbocycles. The molecule has 18 heavy (non-hydrogen) atoms. The summed E-state index contributed by atoms with van der Waals surface area (Å²) in [6.45, 7) is 0.345. The molecule has 2 nitrogen and oxygen atoms in total. The molecule has 0 bridgehead atoms. The molecular formula is C16H27NO. The molecule has 0 aliphatic heterocycles. The quantitative estimate of drug-likeness (QED) is 0.676. The lowest BCUT2D eigenvalue weighted by atomic mass is 10.0. The van der Waals surface area contributed by atoms with Gasteiger partial charge < -0.3 is 10.0 Å². The molecule has 0 fully saturated rings. The first-order valence-electron chi connectivity index (χ1n) is 7.11. The Balaban J connectivity index is 2.17. The van der Waals surface area contributed by atoms with Crippen LogP contribution in [-0.4, -0.2) is 25.8 Å². The molecule has 0 radical (unpaired) electrons. The smallest absolute Gasteiger partial charge is 0.0431 e. The van der Waals surface area contributed by atoms with Crippen LogP contribution in [0.2, 0.25) is 0 Å². The van der Waals surface area contributed by atoms with E-state index in [1.807, 2.05) is 0 Å². The van der Waals surface area contributed by atoms with E-state index < -0.39 is 0 Å². The van der Waals surface area contributed by atoms with E-state index in [2.05, 4.69) is 43.3 Å². The highest BCUT2D eigenvalue weighted by molar-refractivity contribution is 5.47. The fraction of sp³-hybridized carbons (Fsp3) is 0.625. The summed E-state index contributed by atoms with van der Waals surface area (Å²) in [5, 5.41) is 8.68. The van der Waals surface area contributed by atoms with Crippen LogP contribution in [0.1, 0.15) is 44.1 Å². The summed E-state index contributed by atoms with van der Waals surface area (Å²) in [5.74, 6) is 0. The van der Waals surface area contributed by atoms with Crippen LogP contribution in [0, 0.1) is 0 Å². The average molecular weight is 249 g/mol. The molecule has 2 heteroatoms. The van der Waals surface area contributed by atoms with Crippen molar-refractivity contribution in [2.45, 2.75) is 44.9 Å². The number of hydrogen-bond acceptors (Lipinski definition) is 2. The third-order valence-corrected chi connectivity index (χ3v) is 3.30. The van der Waals surface area contributed by atoms with Crippen molar-refractivity contribution in [3.05, 3.63) is 29.8 Å². The van der Waals surface area contributed by atoms with Gasteiger partial charge in [-0.1, -0.05) is 37.8 Å². The van der Waals surface area contributed by atoms with Gasteiger partial charge in [0.25, 0.3) is 0 Å². The van der Waals surface area contributed by atoms with Crippen LogP contribution in [0.5, 0.6) is 0 Å². The van der Waals surface area contributed by atoms with E-state index in [0.717, 1.165) is 6.42 Å². The van der Waals surface area contributed by atoms with Gasteiger partial charge >= 0.3 is 0 Å². The van der Waals surface area contributed by atoms with E-state index in [0.29, 0.717) is 6.61 Å². The van der Waals surface area contributed by atoms with E-state index in [9.17, 15) is 0 Å². The summed E-state index contributed by atoms with van der Waals surface area (Å²) in [5.41, 5.74) is 2.73. The van der Waals surface area contributed by atoms with Crippen molar-refractivity contribution in [3.8, 4) is 0 Å². The predicted molar refractivity (Wildman–Crippen MR) is 79.3 cm³/mol. The molecule has 0 aliphatic rings. The minimum atomic E-state index is 0.345.